The van der Waals surface area contributed by atoms with Gasteiger partial charge in [-0.15, -0.1) is 0 Å². The number of fused-ring (bicyclic) bond motifs is 1. The Morgan fingerprint density at radius 3 is 2.82 bits per heavy atom. The van der Waals surface area contributed by atoms with Crippen molar-refractivity contribution in [3.8, 4) is 0 Å². The summed E-state index contributed by atoms with van der Waals surface area (Å²) in [6, 6.07) is 3.79. The van der Waals surface area contributed by atoms with Crippen molar-refractivity contribution < 1.29 is 0 Å². The fraction of sp³-hybridized carbons (Fsp3) is 0.462. The Bertz CT molecular complexity index is 516. The third kappa shape index (κ3) is 2.99. The molecule has 0 bridgehead atoms. The Morgan fingerprint density at radius 2 is 2.12 bits per heavy atom. The lowest BCUT2D eigenvalue weighted by molar-refractivity contribution is 0.372. The van der Waals surface area contributed by atoms with E-state index in [9.17, 15) is 0 Å². The van der Waals surface area contributed by atoms with Crippen molar-refractivity contribution in [3.05, 3.63) is 35.2 Å². The van der Waals surface area contributed by atoms with Crippen molar-refractivity contribution in [2.45, 2.75) is 39.3 Å². The van der Waals surface area contributed by atoms with Crippen LogP contribution in [0.2, 0.25) is 5.02 Å². The van der Waals surface area contributed by atoms with Crippen LogP contribution >= 0.6 is 11.6 Å². The molecule has 0 aliphatic heterocycles. The van der Waals surface area contributed by atoms with E-state index in [1.165, 1.54) is 0 Å². The van der Waals surface area contributed by atoms with Crippen LogP contribution in [-0.2, 0) is 6.54 Å². The summed E-state index contributed by atoms with van der Waals surface area (Å²) < 4.78 is 1.96. The van der Waals surface area contributed by atoms with E-state index in [0.717, 1.165) is 29.3 Å². The zero-order valence-electron chi connectivity index (χ0n) is 10.5. The number of hydrogen-bond acceptors (Lipinski definition) is 2. The van der Waals surface area contributed by atoms with Crippen LogP contribution in [0.5, 0.6) is 0 Å². The molecule has 3 nitrogen and oxygen atoms in total. The highest BCUT2D eigenvalue weighted by molar-refractivity contribution is 6.30. The second-order valence-corrected chi connectivity index (χ2v) is 5.37. The van der Waals surface area contributed by atoms with Crippen molar-refractivity contribution in [2.24, 2.45) is 0 Å². The molecule has 0 fully saturated rings. The predicted molar refractivity (Wildman–Crippen MR) is 71.4 cm³/mol. The molecule has 0 aliphatic carbocycles. The maximum Gasteiger partial charge on any atom is 0.137 e. The van der Waals surface area contributed by atoms with Crippen LogP contribution in [0, 0.1) is 0 Å². The molecule has 2 heterocycles. The number of pyridine rings is 1. The summed E-state index contributed by atoms with van der Waals surface area (Å²) >= 11 is 5.94. The van der Waals surface area contributed by atoms with Crippen molar-refractivity contribution in [3.63, 3.8) is 0 Å². The fourth-order valence-electron chi connectivity index (χ4n) is 1.56. The smallest absolute Gasteiger partial charge is 0.137 e. The number of imidazole rings is 1. The lowest BCUT2D eigenvalue weighted by Crippen LogP contribution is -2.37. The number of hydrogen-bond donors (Lipinski definition) is 1. The molecule has 0 aliphatic rings. The van der Waals surface area contributed by atoms with Crippen LogP contribution in [0.4, 0.5) is 0 Å². The standard InChI is InChI=1S/C13H18ClN3/c1-4-13(2,3)15-7-11-9-17-8-10(14)5-6-12(17)16-11/h5-6,8-9,15H,4,7H2,1-3H3. The Kier molecular flexibility index (Phi) is 3.40. The first-order valence-corrected chi connectivity index (χ1v) is 6.26. The van der Waals surface area contributed by atoms with E-state index in [0.29, 0.717) is 0 Å². The summed E-state index contributed by atoms with van der Waals surface area (Å²) in [5.74, 6) is 0. The zero-order valence-corrected chi connectivity index (χ0v) is 11.3. The van der Waals surface area contributed by atoms with Crippen LogP contribution in [0.15, 0.2) is 24.5 Å². The normalized spacial score (nSPS) is 12.2. The van der Waals surface area contributed by atoms with E-state index in [4.69, 9.17) is 11.6 Å². The summed E-state index contributed by atoms with van der Waals surface area (Å²) in [4.78, 5) is 4.53. The van der Waals surface area contributed by atoms with E-state index in [2.05, 4.69) is 31.1 Å². The van der Waals surface area contributed by atoms with Crippen LogP contribution in [0.1, 0.15) is 32.9 Å². The van der Waals surface area contributed by atoms with E-state index in [1.54, 1.807) is 0 Å². The first-order valence-electron chi connectivity index (χ1n) is 5.88. The SMILES string of the molecule is CCC(C)(C)NCc1cn2cc(Cl)ccc2n1. The lowest BCUT2D eigenvalue weighted by Gasteiger charge is -2.23. The highest BCUT2D eigenvalue weighted by Crippen LogP contribution is 2.13. The van der Waals surface area contributed by atoms with Gasteiger partial charge in [-0.3, -0.25) is 0 Å². The van der Waals surface area contributed by atoms with Gasteiger partial charge >= 0.3 is 0 Å². The quantitative estimate of drug-likeness (QED) is 0.904. The molecule has 0 spiro atoms. The second kappa shape index (κ2) is 4.67. The topological polar surface area (TPSA) is 29.3 Å². The van der Waals surface area contributed by atoms with Crippen molar-refractivity contribution in [1.82, 2.24) is 14.7 Å². The second-order valence-electron chi connectivity index (χ2n) is 4.94. The van der Waals surface area contributed by atoms with E-state index in [1.807, 2.05) is 28.9 Å². The van der Waals surface area contributed by atoms with Crippen molar-refractivity contribution in [1.29, 1.82) is 0 Å². The van der Waals surface area contributed by atoms with E-state index in [-0.39, 0.29) is 5.54 Å². The molecule has 17 heavy (non-hydrogen) atoms. The Hall–Kier alpha value is -1.06. The minimum absolute atomic E-state index is 0.146. The van der Waals surface area contributed by atoms with E-state index >= 15 is 0 Å². The van der Waals surface area contributed by atoms with Crippen LogP contribution in [0.25, 0.3) is 5.65 Å². The first-order chi connectivity index (χ1) is 8.00. The van der Waals surface area contributed by atoms with E-state index < -0.39 is 0 Å². The molecule has 1 N–H and O–H groups in total. The van der Waals surface area contributed by atoms with Gasteiger partial charge < -0.3 is 9.72 Å². The number of nitrogens with one attached hydrogen (secondary N) is 1. The van der Waals surface area contributed by atoms with Gasteiger partial charge in [-0.05, 0) is 32.4 Å². The molecule has 0 saturated heterocycles. The lowest BCUT2D eigenvalue weighted by atomic mass is 10.0. The molecule has 0 unspecified atom stereocenters. The zero-order chi connectivity index (χ0) is 12.5. The maximum absolute atomic E-state index is 5.94. The van der Waals surface area contributed by atoms with Gasteiger partial charge in [0.2, 0.25) is 0 Å². The predicted octanol–water partition coefficient (Wildman–Crippen LogP) is 3.27. The Balaban J connectivity index is 2.15. The van der Waals surface area contributed by atoms with Gasteiger partial charge in [0.05, 0.1) is 10.7 Å². The van der Waals surface area contributed by atoms with Gasteiger partial charge in [0.1, 0.15) is 5.65 Å². The average molecular weight is 252 g/mol. The van der Waals surface area contributed by atoms with Crippen LogP contribution in [0.3, 0.4) is 0 Å². The third-order valence-corrected chi connectivity index (χ3v) is 3.32. The molecule has 92 valence electrons. The first kappa shape index (κ1) is 12.4. The summed E-state index contributed by atoms with van der Waals surface area (Å²) in [6.07, 6.45) is 4.98. The largest absolute Gasteiger partial charge is 0.306 e. The molecule has 0 aromatic carbocycles. The summed E-state index contributed by atoms with van der Waals surface area (Å²) in [7, 11) is 0. The number of aromatic nitrogens is 2. The summed E-state index contributed by atoms with van der Waals surface area (Å²) in [5.41, 5.74) is 2.11. The van der Waals surface area contributed by atoms with Crippen molar-refractivity contribution >= 4 is 17.2 Å². The van der Waals surface area contributed by atoms with Gasteiger partial charge in [0.25, 0.3) is 0 Å². The molecule has 2 rings (SSSR count). The summed E-state index contributed by atoms with van der Waals surface area (Å²) in [6.45, 7) is 7.34. The maximum atomic E-state index is 5.94. The Morgan fingerprint density at radius 1 is 1.35 bits per heavy atom. The average Bonchev–Trinajstić information content (AvgIpc) is 2.68. The minimum Gasteiger partial charge on any atom is -0.306 e. The van der Waals surface area contributed by atoms with Gasteiger partial charge in [-0.2, -0.15) is 0 Å². The van der Waals surface area contributed by atoms with Gasteiger partial charge in [-0.1, -0.05) is 18.5 Å². The molecule has 4 heteroatoms. The number of nitrogens with zero attached hydrogens (tertiary/aromatic N) is 2. The summed E-state index contributed by atoms with van der Waals surface area (Å²) in [5, 5.41) is 4.22. The highest BCUT2D eigenvalue weighted by Gasteiger charge is 2.14. The molecule has 0 amide bonds. The number of rotatable bonds is 4. The molecular weight excluding hydrogens is 234 g/mol. The molecule has 2 aromatic rings. The monoisotopic (exact) mass is 251 g/mol. The molecule has 0 radical (unpaired) electrons. The Labute approximate surface area is 107 Å². The number of halogens is 1. The molecule has 0 atom stereocenters. The molecule has 0 saturated carbocycles. The van der Waals surface area contributed by atoms with Gasteiger partial charge in [-0.25, -0.2) is 4.98 Å². The van der Waals surface area contributed by atoms with Crippen molar-refractivity contribution in [2.75, 3.05) is 0 Å². The van der Waals surface area contributed by atoms with Crippen LogP contribution < -0.4 is 5.32 Å². The van der Waals surface area contributed by atoms with Gasteiger partial charge in [0, 0.05) is 24.5 Å². The third-order valence-electron chi connectivity index (χ3n) is 3.10. The van der Waals surface area contributed by atoms with Crippen LogP contribution in [-0.4, -0.2) is 14.9 Å². The molecule has 2 aromatic heterocycles. The fourth-order valence-corrected chi connectivity index (χ4v) is 1.73. The highest BCUT2D eigenvalue weighted by atomic mass is 35.5. The molecular formula is C13H18ClN3. The minimum atomic E-state index is 0.146. The van der Waals surface area contributed by atoms with Gasteiger partial charge in [0.15, 0.2) is 0 Å².